The van der Waals surface area contributed by atoms with Crippen LogP contribution in [0.25, 0.3) is 0 Å². The van der Waals surface area contributed by atoms with Crippen LogP contribution in [0.2, 0.25) is 0 Å². The van der Waals surface area contributed by atoms with E-state index in [0.717, 1.165) is 0 Å². The highest BCUT2D eigenvalue weighted by Crippen LogP contribution is 2.77. The molecule has 4 saturated carbocycles. The second-order valence-electron chi connectivity index (χ2n) is 18.8. The molecule has 13 nitrogen and oxygen atoms in total. The molecule has 1 spiro atoms. The van der Waals surface area contributed by atoms with E-state index in [1.54, 1.807) is 102 Å². The molecule has 4 fully saturated rings. The molecule has 0 heterocycles. The third kappa shape index (κ3) is 6.78. The molecule has 3 N–H and O–H groups in total. The molecule has 11 atom stereocenters. The SMILES string of the molecule is CC(=O)O[C@H]1C(=O)[C@]23C[C@H]2C[C@H]2CC[C@@]2(OC(C)=O)[C@H]3[C@H](OC(=O)c2ccccc2)[C@]2(O)C[C@H](OC(=O)[C@H](O)[C@@H](NC(=O)C(C)(C)C)c3ccccc3)C(C)=C1C2(C)C. The number of hydrogen-bond acceptors (Lipinski definition) is 12. The monoisotopic (exact) mass is 813 g/mol. The molecule has 0 saturated heterocycles. The zero-order chi connectivity index (χ0) is 43.0. The highest BCUT2D eigenvalue weighted by Gasteiger charge is 2.83. The highest BCUT2D eigenvalue weighted by molar-refractivity contribution is 5.97. The Labute approximate surface area is 344 Å². The van der Waals surface area contributed by atoms with Gasteiger partial charge >= 0.3 is 23.9 Å². The lowest BCUT2D eigenvalue weighted by Gasteiger charge is -2.65. The van der Waals surface area contributed by atoms with Crippen molar-refractivity contribution in [1.82, 2.24) is 5.32 Å². The van der Waals surface area contributed by atoms with Crippen molar-refractivity contribution < 1.29 is 57.9 Å². The lowest BCUT2D eigenvalue weighted by Crippen LogP contribution is -2.74. The standard InChI is InChI=1S/C46H55NO12/c1-24-31(57-40(53)34(50)33(27-15-11-9-12-16-27)47-41(54)42(4,5)6)23-46(55)38(58-39(52)28-17-13-10-14-18-28)36-44(37(51)35(56-25(2)48)32(24)43(46,7)8)22-30(44)21-29-19-20-45(29,36)59-26(3)49/h9-18,29-31,33-36,38,50,55H,19-23H2,1-8H3,(H,47,54)/t29-,30-,31+,33+,34-,35-,36+,38+,44-,45+,46-/m1/s1. The number of ketones is 1. The third-order valence-corrected chi connectivity index (χ3v) is 14.1. The average Bonchev–Trinajstić information content (AvgIpc) is 3.90. The van der Waals surface area contributed by atoms with Crippen LogP contribution in [0.15, 0.2) is 71.8 Å². The Morgan fingerprint density at radius 3 is 2.05 bits per heavy atom. The van der Waals surface area contributed by atoms with E-state index in [1.165, 1.54) is 13.8 Å². The molecular formula is C46H55NO12. The number of aliphatic hydroxyl groups is 2. The zero-order valence-corrected chi connectivity index (χ0v) is 34.9. The van der Waals surface area contributed by atoms with E-state index in [-0.39, 0.29) is 29.4 Å². The van der Waals surface area contributed by atoms with Gasteiger partial charge in [0, 0.05) is 36.5 Å². The van der Waals surface area contributed by atoms with Crippen molar-refractivity contribution in [3.63, 3.8) is 0 Å². The Balaban J connectivity index is 1.39. The van der Waals surface area contributed by atoms with Gasteiger partial charge in [-0.1, -0.05) is 83.1 Å². The molecule has 2 bridgehead atoms. The van der Waals surface area contributed by atoms with Crippen molar-refractivity contribution >= 4 is 35.6 Å². The fourth-order valence-electron chi connectivity index (χ4n) is 10.9. The molecule has 7 rings (SSSR count). The van der Waals surface area contributed by atoms with Gasteiger partial charge in [-0.15, -0.1) is 0 Å². The molecule has 0 unspecified atom stereocenters. The number of carbonyl (C=O) groups is 6. The lowest BCUT2D eigenvalue weighted by molar-refractivity contribution is -0.270. The fourth-order valence-corrected chi connectivity index (χ4v) is 10.9. The van der Waals surface area contributed by atoms with E-state index in [1.807, 2.05) is 0 Å². The minimum absolute atomic E-state index is 0.177. The molecule has 0 aromatic heterocycles. The van der Waals surface area contributed by atoms with Crippen LogP contribution in [0, 0.1) is 34.0 Å². The van der Waals surface area contributed by atoms with E-state index in [2.05, 4.69) is 5.32 Å². The van der Waals surface area contributed by atoms with Crippen LogP contribution in [-0.4, -0.2) is 81.4 Å². The normalized spacial score (nSPS) is 33.8. The first-order chi connectivity index (χ1) is 27.6. The van der Waals surface area contributed by atoms with Crippen molar-refractivity contribution in [2.75, 3.05) is 0 Å². The van der Waals surface area contributed by atoms with Crippen LogP contribution in [0.5, 0.6) is 0 Å². The molecular weight excluding hydrogens is 759 g/mol. The smallest absolute Gasteiger partial charge is 0.338 e. The quantitative estimate of drug-likeness (QED) is 0.172. The minimum atomic E-state index is -2.17. The van der Waals surface area contributed by atoms with Crippen molar-refractivity contribution in [2.45, 2.75) is 129 Å². The Morgan fingerprint density at radius 1 is 0.864 bits per heavy atom. The molecule has 59 heavy (non-hydrogen) atoms. The van der Waals surface area contributed by atoms with Crippen LogP contribution >= 0.6 is 0 Å². The first kappa shape index (κ1) is 42.3. The van der Waals surface area contributed by atoms with Crippen molar-refractivity contribution in [3.8, 4) is 0 Å². The predicted molar refractivity (Wildman–Crippen MR) is 211 cm³/mol. The van der Waals surface area contributed by atoms with Gasteiger partial charge in [-0.3, -0.25) is 19.2 Å². The van der Waals surface area contributed by atoms with E-state index in [4.69, 9.17) is 18.9 Å². The largest absolute Gasteiger partial charge is 0.458 e. The molecule has 0 aliphatic heterocycles. The number of ether oxygens (including phenoxy) is 4. The summed E-state index contributed by atoms with van der Waals surface area (Å²) in [6.07, 6.45) is -4.85. The first-order valence-electron chi connectivity index (χ1n) is 20.4. The summed E-state index contributed by atoms with van der Waals surface area (Å²) in [5.41, 5.74) is -6.09. The number of hydrogen-bond donors (Lipinski definition) is 3. The van der Waals surface area contributed by atoms with Crippen LogP contribution in [-0.2, 0) is 42.9 Å². The first-order valence-corrected chi connectivity index (χ1v) is 20.4. The summed E-state index contributed by atoms with van der Waals surface area (Å²) in [5.74, 6) is -5.70. The fraction of sp³-hybridized carbons (Fsp3) is 0.565. The molecule has 0 radical (unpaired) electrons. The molecule has 13 heteroatoms. The number of nitrogens with one attached hydrogen (secondary N) is 1. The van der Waals surface area contributed by atoms with E-state index >= 15 is 4.79 Å². The second kappa shape index (κ2) is 14.7. The number of amides is 1. The molecule has 1 amide bonds. The van der Waals surface area contributed by atoms with E-state index < -0.39 is 99.4 Å². The number of Topliss-reactive ketones (excluding diaryl/α,β-unsaturated/α-hetero) is 1. The number of benzene rings is 2. The van der Waals surface area contributed by atoms with Crippen molar-refractivity contribution in [3.05, 3.63) is 82.9 Å². The number of carbonyl (C=O) groups excluding carboxylic acids is 6. The van der Waals surface area contributed by atoms with Gasteiger partial charge in [0.1, 0.15) is 23.4 Å². The summed E-state index contributed by atoms with van der Waals surface area (Å²) in [5, 5.41) is 28.2. The van der Waals surface area contributed by atoms with Crippen LogP contribution < -0.4 is 5.32 Å². The summed E-state index contributed by atoms with van der Waals surface area (Å²) in [7, 11) is 0. The molecule has 2 aromatic carbocycles. The highest BCUT2D eigenvalue weighted by atomic mass is 16.6. The lowest BCUT2D eigenvalue weighted by atomic mass is 9.45. The van der Waals surface area contributed by atoms with Gasteiger partial charge in [0.25, 0.3) is 0 Å². The zero-order valence-electron chi connectivity index (χ0n) is 34.9. The van der Waals surface area contributed by atoms with Gasteiger partial charge in [-0.05, 0) is 73.3 Å². The van der Waals surface area contributed by atoms with Crippen molar-refractivity contribution in [2.24, 2.45) is 34.0 Å². The van der Waals surface area contributed by atoms with Gasteiger partial charge in [0.15, 0.2) is 18.0 Å². The minimum Gasteiger partial charge on any atom is -0.458 e. The Hall–Kier alpha value is -4.88. The van der Waals surface area contributed by atoms with Gasteiger partial charge in [0.2, 0.25) is 5.91 Å². The topological polar surface area (TPSA) is 192 Å². The van der Waals surface area contributed by atoms with Gasteiger partial charge < -0.3 is 34.5 Å². The number of rotatable bonds is 9. The van der Waals surface area contributed by atoms with E-state index in [9.17, 15) is 34.2 Å². The predicted octanol–water partition coefficient (Wildman–Crippen LogP) is 5.12. The van der Waals surface area contributed by atoms with Crippen LogP contribution in [0.1, 0.15) is 109 Å². The maximum atomic E-state index is 15.5. The number of esters is 4. The number of fused-ring (bicyclic) bond motifs is 4. The molecule has 5 aliphatic carbocycles. The van der Waals surface area contributed by atoms with Gasteiger partial charge in [-0.25, -0.2) is 9.59 Å². The maximum Gasteiger partial charge on any atom is 0.338 e. The third-order valence-electron chi connectivity index (χ3n) is 14.1. The second-order valence-corrected chi connectivity index (χ2v) is 18.8. The summed E-state index contributed by atoms with van der Waals surface area (Å²) >= 11 is 0. The van der Waals surface area contributed by atoms with Gasteiger partial charge in [-0.2, -0.15) is 0 Å². The molecule has 2 aromatic rings. The summed E-state index contributed by atoms with van der Waals surface area (Å²) < 4.78 is 24.9. The van der Waals surface area contributed by atoms with Crippen molar-refractivity contribution in [1.29, 1.82) is 0 Å². The Bertz CT molecular complexity index is 2090. The Morgan fingerprint density at radius 2 is 1.49 bits per heavy atom. The average molecular weight is 814 g/mol. The molecule has 316 valence electrons. The Kier molecular flexibility index (Phi) is 10.5. The molecule has 5 aliphatic rings. The van der Waals surface area contributed by atoms with E-state index in [0.29, 0.717) is 36.8 Å². The number of aliphatic hydroxyl groups excluding tert-OH is 1. The summed E-state index contributed by atoms with van der Waals surface area (Å²) in [4.78, 5) is 83.2. The van der Waals surface area contributed by atoms with Crippen LogP contribution in [0.3, 0.4) is 0 Å². The van der Waals surface area contributed by atoms with Crippen LogP contribution in [0.4, 0.5) is 0 Å². The summed E-state index contributed by atoms with van der Waals surface area (Å²) in [6.45, 7) is 12.5. The maximum absolute atomic E-state index is 15.5. The van der Waals surface area contributed by atoms with Gasteiger partial charge in [0.05, 0.1) is 17.5 Å². The summed E-state index contributed by atoms with van der Waals surface area (Å²) in [6, 6.07) is 15.4.